The SMILES string of the molecule is Cc1ccc2[nH]c(CN3CCN4C(=O)CN(C)C(=O)[C@@H]4C3)nc2c1C. The zero-order valence-corrected chi connectivity index (χ0v) is 14.9. The van der Waals surface area contributed by atoms with E-state index < -0.39 is 0 Å². The van der Waals surface area contributed by atoms with Crippen LogP contribution in [0.25, 0.3) is 11.0 Å². The molecule has 2 aromatic rings. The van der Waals surface area contributed by atoms with Crippen LogP contribution in [0, 0.1) is 13.8 Å². The number of carbonyl (C=O) groups is 2. The van der Waals surface area contributed by atoms with Crippen LogP contribution < -0.4 is 0 Å². The van der Waals surface area contributed by atoms with Crippen LogP contribution in [0.5, 0.6) is 0 Å². The molecule has 7 nitrogen and oxygen atoms in total. The highest BCUT2D eigenvalue weighted by Gasteiger charge is 2.41. The average molecular weight is 341 g/mol. The second kappa shape index (κ2) is 5.84. The monoisotopic (exact) mass is 341 g/mol. The molecule has 2 amide bonds. The van der Waals surface area contributed by atoms with Crippen LogP contribution in [0.15, 0.2) is 12.1 Å². The van der Waals surface area contributed by atoms with E-state index in [0.29, 0.717) is 19.6 Å². The Morgan fingerprint density at radius 2 is 2.04 bits per heavy atom. The van der Waals surface area contributed by atoms with Crippen molar-refractivity contribution in [3.63, 3.8) is 0 Å². The minimum absolute atomic E-state index is 0.0281. The van der Waals surface area contributed by atoms with Gasteiger partial charge in [-0.05, 0) is 31.0 Å². The molecule has 1 N–H and O–H groups in total. The molecule has 2 fully saturated rings. The number of H-pyrrole nitrogens is 1. The lowest BCUT2D eigenvalue weighted by atomic mass is 10.1. The molecule has 0 spiro atoms. The largest absolute Gasteiger partial charge is 0.341 e. The molecule has 132 valence electrons. The number of fused-ring (bicyclic) bond motifs is 2. The summed E-state index contributed by atoms with van der Waals surface area (Å²) in [7, 11) is 1.70. The maximum absolute atomic E-state index is 12.4. The number of nitrogens with one attached hydrogen (secondary N) is 1. The lowest BCUT2D eigenvalue weighted by Crippen LogP contribution is -2.65. The van der Waals surface area contributed by atoms with Crippen molar-refractivity contribution in [3.05, 3.63) is 29.1 Å². The zero-order chi connectivity index (χ0) is 17.7. The molecule has 0 unspecified atom stereocenters. The number of rotatable bonds is 2. The van der Waals surface area contributed by atoms with Gasteiger partial charge in [0.05, 0.1) is 24.1 Å². The molecule has 0 radical (unpaired) electrons. The summed E-state index contributed by atoms with van der Waals surface area (Å²) in [6.07, 6.45) is 0. The van der Waals surface area contributed by atoms with Crippen molar-refractivity contribution in [2.24, 2.45) is 0 Å². The molecular weight excluding hydrogens is 318 g/mol. The summed E-state index contributed by atoms with van der Waals surface area (Å²) >= 11 is 0. The smallest absolute Gasteiger partial charge is 0.246 e. The molecule has 0 bridgehead atoms. The number of aromatic amines is 1. The van der Waals surface area contributed by atoms with Crippen LogP contribution in [0.4, 0.5) is 0 Å². The fourth-order valence-corrected chi connectivity index (χ4v) is 3.77. The minimum atomic E-state index is -0.367. The number of aryl methyl sites for hydroxylation is 2. The van der Waals surface area contributed by atoms with Crippen LogP contribution in [0.1, 0.15) is 17.0 Å². The van der Waals surface area contributed by atoms with E-state index in [9.17, 15) is 9.59 Å². The lowest BCUT2D eigenvalue weighted by Gasteiger charge is -2.45. The lowest BCUT2D eigenvalue weighted by molar-refractivity contribution is -0.158. The van der Waals surface area contributed by atoms with Gasteiger partial charge < -0.3 is 14.8 Å². The van der Waals surface area contributed by atoms with E-state index >= 15 is 0 Å². The molecule has 1 aromatic carbocycles. The third-order valence-electron chi connectivity index (χ3n) is 5.42. The molecule has 2 aliphatic rings. The number of imidazole rings is 1. The van der Waals surface area contributed by atoms with Crippen molar-refractivity contribution in [2.75, 3.05) is 33.2 Å². The van der Waals surface area contributed by atoms with Gasteiger partial charge in [0.2, 0.25) is 11.8 Å². The fraction of sp³-hybridized carbons (Fsp3) is 0.500. The molecule has 2 saturated heterocycles. The Labute approximate surface area is 146 Å². The second-order valence-electron chi connectivity index (χ2n) is 7.12. The summed E-state index contributed by atoms with van der Waals surface area (Å²) in [4.78, 5) is 38.1. The van der Waals surface area contributed by atoms with Gasteiger partial charge in [-0.15, -0.1) is 0 Å². The van der Waals surface area contributed by atoms with Crippen LogP contribution in [-0.4, -0.2) is 75.8 Å². The zero-order valence-electron chi connectivity index (χ0n) is 14.9. The summed E-state index contributed by atoms with van der Waals surface area (Å²) < 4.78 is 0. The number of nitrogens with zero attached hydrogens (tertiary/aromatic N) is 4. The van der Waals surface area contributed by atoms with E-state index in [4.69, 9.17) is 4.98 Å². The van der Waals surface area contributed by atoms with Crippen LogP contribution in [0.2, 0.25) is 0 Å². The Kier molecular flexibility index (Phi) is 3.76. The van der Waals surface area contributed by atoms with E-state index in [0.717, 1.165) is 23.4 Å². The number of likely N-dealkylation sites (N-methyl/N-ethyl adjacent to an activating group) is 1. The van der Waals surface area contributed by atoms with Crippen molar-refractivity contribution in [1.82, 2.24) is 24.7 Å². The van der Waals surface area contributed by atoms with E-state index in [1.165, 1.54) is 16.0 Å². The highest BCUT2D eigenvalue weighted by molar-refractivity contribution is 5.95. The number of hydrogen-bond donors (Lipinski definition) is 1. The van der Waals surface area contributed by atoms with E-state index in [-0.39, 0.29) is 24.4 Å². The number of aromatic nitrogens is 2. The summed E-state index contributed by atoms with van der Waals surface area (Å²) in [5.74, 6) is 0.974. The maximum atomic E-state index is 12.4. The molecule has 4 rings (SSSR count). The van der Waals surface area contributed by atoms with Crippen LogP contribution in [-0.2, 0) is 16.1 Å². The molecule has 7 heteroatoms. The third kappa shape index (κ3) is 2.68. The maximum Gasteiger partial charge on any atom is 0.246 e. The van der Waals surface area contributed by atoms with Gasteiger partial charge in [0.25, 0.3) is 0 Å². The van der Waals surface area contributed by atoms with Crippen molar-refractivity contribution in [3.8, 4) is 0 Å². The third-order valence-corrected chi connectivity index (χ3v) is 5.42. The first-order chi connectivity index (χ1) is 11.9. The Morgan fingerprint density at radius 1 is 1.24 bits per heavy atom. The molecule has 25 heavy (non-hydrogen) atoms. The van der Waals surface area contributed by atoms with Crippen molar-refractivity contribution in [2.45, 2.75) is 26.4 Å². The number of piperazine rings is 2. The first-order valence-electron chi connectivity index (χ1n) is 8.65. The van der Waals surface area contributed by atoms with Crippen molar-refractivity contribution < 1.29 is 9.59 Å². The minimum Gasteiger partial charge on any atom is -0.341 e. The molecule has 2 aliphatic heterocycles. The average Bonchev–Trinajstić information content (AvgIpc) is 2.99. The first-order valence-corrected chi connectivity index (χ1v) is 8.65. The number of amides is 2. The number of carbonyl (C=O) groups excluding carboxylic acids is 2. The quantitative estimate of drug-likeness (QED) is 0.871. The van der Waals surface area contributed by atoms with Crippen LogP contribution in [0.3, 0.4) is 0 Å². The first kappa shape index (κ1) is 16.1. The summed E-state index contributed by atoms with van der Waals surface area (Å²) in [6, 6.07) is 3.79. The highest BCUT2D eigenvalue weighted by Crippen LogP contribution is 2.22. The Balaban J connectivity index is 1.53. The molecular formula is C18H23N5O2. The number of benzene rings is 1. The van der Waals surface area contributed by atoms with Crippen LogP contribution >= 0.6 is 0 Å². The van der Waals surface area contributed by atoms with Crippen molar-refractivity contribution in [1.29, 1.82) is 0 Å². The van der Waals surface area contributed by atoms with Gasteiger partial charge in [-0.3, -0.25) is 14.5 Å². The summed E-state index contributed by atoms with van der Waals surface area (Å²) in [5.41, 5.74) is 4.48. The topological polar surface area (TPSA) is 72.5 Å². The Hall–Kier alpha value is -2.41. The van der Waals surface area contributed by atoms with E-state index in [1.807, 2.05) is 0 Å². The van der Waals surface area contributed by atoms with E-state index in [1.54, 1.807) is 11.9 Å². The van der Waals surface area contributed by atoms with Crippen molar-refractivity contribution >= 4 is 22.8 Å². The Morgan fingerprint density at radius 3 is 2.84 bits per heavy atom. The summed E-state index contributed by atoms with van der Waals surface area (Å²) in [5, 5.41) is 0. The number of hydrogen-bond acceptors (Lipinski definition) is 4. The highest BCUT2D eigenvalue weighted by atomic mass is 16.2. The molecule has 1 atom stereocenters. The molecule has 1 aromatic heterocycles. The van der Waals surface area contributed by atoms with Gasteiger partial charge in [-0.25, -0.2) is 4.98 Å². The second-order valence-corrected chi connectivity index (χ2v) is 7.12. The Bertz CT molecular complexity index is 859. The van der Waals surface area contributed by atoms with Gasteiger partial charge in [0.15, 0.2) is 0 Å². The molecule has 0 saturated carbocycles. The van der Waals surface area contributed by atoms with Gasteiger partial charge in [-0.2, -0.15) is 0 Å². The predicted octanol–water partition coefficient (Wildman–Crippen LogP) is 0.665. The standard InChI is InChI=1S/C18H23N5O2/c1-11-4-5-13-17(12(11)2)20-15(19-13)9-22-6-7-23-14(8-22)18(25)21(3)10-16(23)24/h4-5,14H,6-10H2,1-3H3,(H,19,20)/t14-/m0/s1. The van der Waals surface area contributed by atoms with E-state index in [2.05, 4.69) is 35.9 Å². The van der Waals surface area contributed by atoms with Gasteiger partial charge in [0.1, 0.15) is 11.9 Å². The van der Waals surface area contributed by atoms with Gasteiger partial charge in [-0.1, -0.05) is 6.07 Å². The fourth-order valence-electron chi connectivity index (χ4n) is 3.77. The van der Waals surface area contributed by atoms with Gasteiger partial charge >= 0.3 is 0 Å². The predicted molar refractivity (Wildman–Crippen MR) is 94.0 cm³/mol. The molecule has 3 heterocycles. The normalized spacial score (nSPS) is 22.0. The summed E-state index contributed by atoms with van der Waals surface area (Å²) in [6.45, 7) is 6.94. The molecule has 0 aliphatic carbocycles. The van der Waals surface area contributed by atoms with Gasteiger partial charge in [0, 0.05) is 26.7 Å².